The van der Waals surface area contributed by atoms with E-state index in [-0.39, 0.29) is 12.1 Å². The van der Waals surface area contributed by atoms with Crippen LogP contribution in [0.15, 0.2) is 53.5 Å². The van der Waals surface area contributed by atoms with Crippen molar-refractivity contribution in [3.05, 3.63) is 70.1 Å². The van der Waals surface area contributed by atoms with Gasteiger partial charge in [0.1, 0.15) is 12.3 Å². The summed E-state index contributed by atoms with van der Waals surface area (Å²) in [5.74, 6) is 0.350. The summed E-state index contributed by atoms with van der Waals surface area (Å²) in [5.41, 5.74) is 3.07. The minimum absolute atomic E-state index is 0.160. The van der Waals surface area contributed by atoms with Gasteiger partial charge < -0.3 is 4.74 Å². The van der Waals surface area contributed by atoms with E-state index >= 15 is 0 Å². The number of para-hydroxylation sites is 2. The number of aryl methyl sites for hydroxylation is 1. The Kier molecular flexibility index (Phi) is 4.65. The minimum Gasteiger partial charge on any atom is -0.425 e. The van der Waals surface area contributed by atoms with Gasteiger partial charge in [0.2, 0.25) is 0 Å². The number of rotatable bonds is 4. The molecule has 0 atom stereocenters. The van der Waals surface area contributed by atoms with Gasteiger partial charge in [-0.2, -0.15) is 0 Å². The Labute approximate surface area is 145 Å². The van der Waals surface area contributed by atoms with Crippen molar-refractivity contribution in [2.24, 2.45) is 0 Å². The Morgan fingerprint density at radius 1 is 1.20 bits per heavy atom. The van der Waals surface area contributed by atoms with Crippen molar-refractivity contribution in [3.63, 3.8) is 0 Å². The molecule has 5 nitrogen and oxygen atoms in total. The first-order valence-electron chi connectivity index (χ1n) is 8.21. The lowest BCUT2D eigenvalue weighted by Crippen LogP contribution is -2.27. The van der Waals surface area contributed by atoms with Crippen molar-refractivity contribution >= 4 is 17.0 Å². The first-order chi connectivity index (χ1) is 11.9. The maximum Gasteiger partial charge on any atom is 0.331 e. The number of carbonyl (C=O) groups excluding carboxylic acids is 1. The minimum atomic E-state index is -0.487. The highest BCUT2D eigenvalue weighted by Gasteiger charge is 2.12. The van der Waals surface area contributed by atoms with Gasteiger partial charge >= 0.3 is 5.97 Å². The largest absolute Gasteiger partial charge is 0.425 e. The van der Waals surface area contributed by atoms with E-state index in [4.69, 9.17) is 4.74 Å². The standard InChI is InChI=1S/C20H20N2O3/c1-13(2)15-8-14(3)9-16(10-15)25-20(24)12-22-18-7-5-4-6-17(18)21-11-19(22)23/h4-11,13H,12H2,1-3H3. The van der Waals surface area contributed by atoms with Crippen molar-refractivity contribution < 1.29 is 9.53 Å². The molecule has 0 saturated heterocycles. The molecule has 0 fully saturated rings. The van der Waals surface area contributed by atoms with Gasteiger partial charge in [-0.3, -0.25) is 9.36 Å². The highest BCUT2D eigenvalue weighted by molar-refractivity contribution is 5.78. The summed E-state index contributed by atoms with van der Waals surface area (Å²) in [6.45, 7) is 5.98. The summed E-state index contributed by atoms with van der Waals surface area (Å²) in [6.07, 6.45) is 1.22. The molecule has 0 radical (unpaired) electrons. The zero-order valence-electron chi connectivity index (χ0n) is 14.5. The van der Waals surface area contributed by atoms with Gasteiger partial charge in [0.05, 0.1) is 17.2 Å². The molecule has 0 aliphatic heterocycles. The van der Waals surface area contributed by atoms with Crippen molar-refractivity contribution in [1.82, 2.24) is 9.55 Å². The smallest absolute Gasteiger partial charge is 0.331 e. The van der Waals surface area contributed by atoms with Crippen LogP contribution in [-0.2, 0) is 11.3 Å². The Morgan fingerprint density at radius 2 is 1.96 bits per heavy atom. The zero-order valence-corrected chi connectivity index (χ0v) is 14.5. The normalized spacial score (nSPS) is 11.0. The molecule has 25 heavy (non-hydrogen) atoms. The van der Waals surface area contributed by atoms with E-state index in [1.165, 1.54) is 10.8 Å². The number of nitrogens with zero attached hydrogens (tertiary/aromatic N) is 2. The third-order valence-corrected chi connectivity index (χ3v) is 4.01. The van der Waals surface area contributed by atoms with Gasteiger partial charge in [0.25, 0.3) is 5.56 Å². The number of aromatic nitrogens is 2. The summed E-state index contributed by atoms with van der Waals surface area (Å²) < 4.78 is 6.85. The number of esters is 1. The van der Waals surface area contributed by atoms with Crippen LogP contribution in [0.1, 0.15) is 30.9 Å². The Hall–Kier alpha value is -2.95. The number of benzene rings is 2. The number of hydrogen-bond donors (Lipinski definition) is 0. The first-order valence-corrected chi connectivity index (χ1v) is 8.21. The summed E-state index contributed by atoms with van der Waals surface area (Å²) in [6, 6.07) is 13.0. The van der Waals surface area contributed by atoms with Crippen LogP contribution in [0.4, 0.5) is 0 Å². The number of hydrogen-bond acceptors (Lipinski definition) is 4. The van der Waals surface area contributed by atoms with Crippen LogP contribution >= 0.6 is 0 Å². The quantitative estimate of drug-likeness (QED) is 0.541. The third-order valence-electron chi connectivity index (χ3n) is 4.01. The predicted molar refractivity (Wildman–Crippen MR) is 96.9 cm³/mol. The fraction of sp³-hybridized carbons (Fsp3) is 0.250. The fourth-order valence-corrected chi connectivity index (χ4v) is 2.74. The maximum atomic E-state index is 12.4. The molecule has 0 aliphatic rings. The summed E-state index contributed by atoms with van der Waals surface area (Å²) in [5, 5.41) is 0. The Morgan fingerprint density at radius 3 is 2.72 bits per heavy atom. The lowest BCUT2D eigenvalue weighted by Gasteiger charge is -2.12. The Bertz CT molecular complexity index is 990. The molecule has 0 saturated carbocycles. The molecule has 0 N–H and O–H groups in total. The SMILES string of the molecule is Cc1cc(OC(=O)Cn2c(=O)cnc3ccccc32)cc(C(C)C)c1. The molecular weight excluding hydrogens is 316 g/mol. The number of ether oxygens (including phenoxy) is 1. The number of carbonyl (C=O) groups is 1. The molecule has 0 amide bonds. The van der Waals surface area contributed by atoms with Crippen molar-refractivity contribution in [2.75, 3.05) is 0 Å². The average molecular weight is 336 g/mol. The molecular formula is C20H20N2O3. The van der Waals surface area contributed by atoms with Crippen LogP contribution in [0.5, 0.6) is 5.75 Å². The van der Waals surface area contributed by atoms with Gasteiger partial charge in [0.15, 0.2) is 0 Å². The van der Waals surface area contributed by atoms with E-state index in [0.717, 1.165) is 11.1 Å². The van der Waals surface area contributed by atoms with E-state index in [2.05, 4.69) is 24.9 Å². The molecule has 1 heterocycles. The zero-order chi connectivity index (χ0) is 18.0. The second-order valence-electron chi connectivity index (χ2n) is 6.38. The Balaban J connectivity index is 1.87. The van der Waals surface area contributed by atoms with Crippen molar-refractivity contribution in [1.29, 1.82) is 0 Å². The molecule has 5 heteroatoms. The van der Waals surface area contributed by atoms with Crippen LogP contribution in [0.2, 0.25) is 0 Å². The van der Waals surface area contributed by atoms with Crippen LogP contribution in [0, 0.1) is 6.92 Å². The van der Waals surface area contributed by atoms with Gasteiger partial charge in [-0.25, -0.2) is 9.78 Å². The molecule has 0 bridgehead atoms. The summed E-state index contributed by atoms with van der Waals surface area (Å²) in [4.78, 5) is 28.6. The highest BCUT2D eigenvalue weighted by Crippen LogP contribution is 2.23. The van der Waals surface area contributed by atoms with Crippen molar-refractivity contribution in [3.8, 4) is 5.75 Å². The van der Waals surface area contributed by atoms with Gasteiger partial charge in [0, 0.05) is 0 Å². The molecule has 0 aliphatic carbocycles. The molecule has 3 aromatic rings. The van der Waals surface area contributed by atoms with Crippen LogP contribution in [0.25, 0.3) is 11.0 Å². The predicted octanol–water partition coefficient (Wildman–Crippen LogP) is 3.43. The van der Waals surface area contributed by atoms with Gasteiger partial charge in [-0.1, -0.05) is 32.0 Å². The van der Waals surface area contributed by atoms with Crippen LogP contribution in [-0.4, -0.2) is 15.5 Å². The molecule has 0 spiro atoms. The lowest BCUT2D eigenvalue weighted by atomic mass is 10.0. The molecule has 128 valence electrons. The van der Waals surface area contributed by atoms with Crippen LogP contribution < -0.4 is 10.3 Å². The van der Waals surface area contributed by atoms with E-state index < -0.39 is 5.97 Å². The second-order valence-corrected chi connectivity index (χ2v) is 6.38. The van der Waals surface area contributed by atoms with E-state index in [0.29, 0.717) is 22.7 Å². The van der Waals surface area contributed by atoms with E-state index in [9.17, 15) is 9.59 Å². The number of fused-ring (bicyclic) bond motifs is 1. The lowest BCUT2D eigenvalue weighted by molar-refractivity contribution is -0.135. The third kappa shape index (κ3) is 3.76. The van der Waals surface area contributed by atoms with Crippen molar-refractivity contribution in [2.45, 2.75) is 33.2 Å². The molecule has 3 rings (SSSR count). The summed E-state index contributed by atoms with van der Waals surface area (Å²) in [7, 11) is 0. The molecule has 1 aromatic heterocycles. The van der Waals surface area contributed by atoms with E-state index in [1.807, 2.05) is 25.1 Å². The molecule has 2 aromatic carbocycles. The van der Waals surface area contributed by atoms with Gasteiger partial charge in [-0.15, -0.1) is 0 Å². The monoisotopic (exact) mass is 336 g/mol. The van der Waals surface area contributed by atoms with Gasteiger partial charge in [-0.05, 0) is 48.2 Å². The van der Waals surface area contributed by atoms with Crippen LogP contribution in [0.3, 0.4) is 0 Å². The fourth-order valence-electron chi connectivity index (χ4n) is 2.74. The first kappa shape index (κ1) is 16.9. The molecule has 0 unspecified atom stereocenters. The van der Waals surface area contributed by atoms with E-state index in [1.54, 1.807) is 18.2 Å². The maximum absolute atomic E-state index is 12.4. The topological polar surface area (TPSA) is 61.2 Å². The second kappa shape index (κ2) is 6.89. The summed E-state index contributed by atoms with van der Waals surface area (Å²) >= 11 is 0. The highest BCUT2D eigenvalue weighted by atomic mass is 16.5. The average Bonchev–Trinajstić information content (AvgIpc) is 2.57.